The maximum absolute atomic E-state index is 13.5. The molecule has 0 unspecified atom stereocenters. The molecule has 0 atom stereocenters. The van der Waals surface area contributed by atoms with Gasteiger partial charge in [0.15, 0.2) is 5.76 Å². The van der Waals surface area contributed by atoms with Gasteiger partial charge in [-0.1, -0.05) is 23.2 Å². The maximum atomic E-state index is 13.5. The number of halogens is 5. The van der Waals surface area contributed by atoms with Gasteiger partial charge in [0, 0.05) is 10.7 Å². The molecular weight excluding hydrogens is 432 g/mol. The van der Waals surface area contributed by atoms with Crippen LogP contribution in [0.1, 0.15) is 26.5 Å². The van der Waals surface area contributed by atoms with E-state index in [9.17, 15) is 22.8 Å². The highest BCUT2D eigenvalue weighted by molar-refractivity contribution is 6.37. The summed E-state index contributed by atoms with van der Waals surface area (Å²) in [6, 6.07) is 9.78. The normalized spacial score (nSPS) is 11.2. The smallest absolute Gasteiger partial charge is 0.418 e. The number of hydrogen-bond acceptors (Lipinski definition) is 3. The Morgan fingerprint density at radius 2 is 1.69 bits per heavy atom. The largest absolute Gasteiger partial charge is 0.459 e. The average molecular weight is 443 g/mol. The Morgan fingerprint density at radius 1 is 0.931 bits per heavy atom. The van der Waals surface area contributed by atoms with Crippen LogP contribution in [0.5, 0.6) is 0 Å². The van der Waals surface area contributed by atoms with E-state index in [2.05, 4.69) is 10.6 Å². The zero-order valence-electron chi connectivity index (χ0n) is 14.3. The number of rotatable bonds is 4. The number of carbonyl (C=O) groups is 2. The van der Waals surface area contributed by atoms with E-state index in [1.54, 1.807) is 0 Å². The summed E-state index contributed by atoms with van der Waals surface area (Å²) in [5, 5.41) is 4.76. The Morgan fingerprint density at radius 3 is 2.31 bits per heavy atom. The SMILES string of the molecule is O=C(Nc1ccc(NC(=O)c2ccc(Cl)cc2Cl)c(C(F)(F)F)c1)c1ccco1. The van der Waals surface area contributed by atoms with Crippen LogP contribution in [-0.4, -0.2) is 11.8 Å². The van der Waals surface area contributed by atoms with Crippen molar-refractivity contribution in [2.24, 2.45) is 0 Å². The monoisotopic (exact) mass is 442 g/mol. The molecule has 0 saturated heterocycles. The van der Waals surface area contributed by atoms with Gasteiger partial charge in [0.05, 0.1) is 28.1 Å². The first-order valence-electron chi connectivity index (χ1n) is 7.97. The van der Waals surface area contributed by atoms with Crippen molar-refractivity contribution in [3.05, 3.63) is 81.7 Å². The van der Waals surface area contributed by atoms with Crippen molar-refractivity contribution < 1.29 is 27.2 Å². The van der Waals surface area contributed by atoms with Gasteiger partial charge in [-0.3, -0.25) is 9.59 Å². The molecular formula is C19H11Cl2F3N2O3. The lowest BCUT2D eigenvalue weighted by atomic mass is 10.1. The summed E-state index contributed by atoms with van der Waals surface area (Å²) in [5.41, 5.74) is -1.81. The lowest BCUT2D eigenvalue weighted by molar-refractivity contribution is -0.136. The van der Waals surface area contributed by atoms with Crippen LogP contribution in [0.25, 0.3) is 0 Å². The molecule has 3 rings (SSSR count). The third-order valence-corrected chi connectivity index (χ3v) is 4.30. The summed E-state index contributed by atoms with van der Waals surface area (Å²) in [5.74, 6) is -1.62. The summed E-state index contributed by atoms with van der Waals surface area (Å²) in [6.45, 7) is 0. The maximum Gasteiger partial charge on any atom is 0.418 e. The van der Waals surface area contributed by atoms with Gasteiger partial charge < -0.3 is 15.1 Å². The Kier molecular flexibility index (Phi) is 5.86. The molecule has 0 spiro atoms. The van der Waals surface area contributed by atoms with Gasteiger partial charge in [-0.25, -0.2) is 0 Å². The molecule has 1 aromatic heterocycles. The van der Waals surface area contributed by atoms with E-state index in [4.69, 9.17) is 27.6 Å². The molecule has 10 heteroatoms. The van der Waals surface area contributed by atoms with Crippen molar-refractivity contribution in [1.82, 2.24) is 0 Å². The first-order valence-corrected chi connectivity index (χ1v) is 8.73. The zero-order chi connectivity index (χ0) is 21.2. The number of carbonyl (C=O) groups excluding carboxylic acids is 2. The second-order valence-electron chi connectivity index (χ2n) is 5.77. The van der Waals surface area contributed by atoms with Crippen molar-refractivity contribution in [2.75, 3.05) is 10.6 Å². The topological polar surface area (TPSA) is 71.3 Å². The molecule has 3 aromatic rings. The molecule has 0 aliphatic carbocycles. The summed E-state index contributed by atoms with van der Waals surface area (Å²) in [4.78, 5) is 24.3. The second kappa shape index (κ2) is 8.18. The molecule has 150 valence electrons. The molecule has 5 nitrogen and oxygen atoms in total. The molecule has 2 aromatic carbocycles. The fourth-order valence-electron chi connectivity index (χ4n) is 2.43. The number of anilines is 2. The Bertz CT molecular complexity index is 1070. The minimum atomic E-state index is -4.79. The van der Waals surface area contributed by atoms with Gasteiger partial charge in [0.25, 0.3) is 11.8 Å². The predicted molar refractivity (Wildman–Crippen MR) is 103 cm³/mol. The Balaban J connectivity index is 1.88. The second-order valence-corrected chi connectivity index (χ2v) is 6.61. The summed E-state index contributed by atoms with van der Waals surface area (Å²) >= 11 is 11.7. The Labute approximate surface area is 172 Å². The van der Waals surface area contributed by atoms with E-state index in [-0.39, 0.29) is 27.1 Å². The number of benzene rings is 2. The summed E-state index contributed by atoms with van der Waals surface area (Å²) < 4.78 is 45.4. The highest BCUT2D eigenvalue weighted by atomic mass is 35.5. The van der Waals surface area contributed by atoms with Crippen LogP contribution < -0.4 is 10.6 Å². The van der Waals surface area contributed by atoms with Crippen molar-refractivity contribution >= 4 is 46.4 Å². The van der Waals surface area contributed by atoms with Gasteiger partial charge in [-0.05, 0) is 48.5 Å². The van der Waals surface area contributed by atoms with E-state index in [0.29, 0.717) is 6.07 Å². The molecule has 0 saturated carbocycles. The standard InChI is InChI=1S/C19H11Cl2F3N2O3/c20-10-3-5-12(14(21)8-10)17(27)26-15-6-4-11(9-13(15)19(22,23)24)25-18(28)16-2-1-7-29-16/h1-9H,(H,25,28)(H,26,27). The highest BCUT2D eigenvalue weighted by Crippen LogP contribution is 2.37. The van der Waals surface area contributed by atoms with Crippen molar-refractivity contribution in [3.63, 3.8) is 0 Å². The van der Waals surface area contributed by atoms with Crippen molar-refractivity contribution in [1.29, 1.82) is 0 Å². The van der Waals surface area contributed by atoms with Gasteiger partial charge in [-0.2, -0.15) is 13.2 Å². The van der Waals surface area contributed by atoms with Crippen molar-refractivity contribution in [3.8, 4) is 0 Å². The Hall–Kier alpha value is -2.97. The van der Waals surface area contributed by atoms with Crippen LogP contribution in [0, 0.1) is 0 Å². The zero-order valence-corrected chi connectivity index (χ0v) is 15.8. The minimum Gasteiger partial charge on any atom is -0.459 e. The predicted octanol–water partition coefficient (Wildman–Crippen LogP) is 6.11. The molecule has 1 heterocycles. The molecule has 0 fully saturated rings. The van der Waals surface area contributed by atoms with E-state index in [1.807, 2.05) is 0 Å². The molecule has 0 aliphatic heterocycles. The third kappa shape index (κ3) is 4.90. The molecule has 0 aliphatic rings. The fraction of sp³-hybridized carbons (Fsp3) is 0.0526. The first kappa shape index (κ1) is 20.8. The van der Waals surface area contributed by atoms with Crippen LogP contribution >= 0.6 is 23.2 Å². The molecule has 0 radical (unpaired) electrons. The lowest BCUT2D eigenvalue weighted by Gasteiger charge is -2.16. The molecule has 2 N–H and O–H groups in total. The van der Waals surface area contributed by atoms with E-state index < -0.39 is 29.2 Å². The number of amides is 2. The average Bonchev–Trinajstić information content (AvgIpc) is 3.16. The first-order chi connectivity index (χ1) is 13.6. The van der Waals surface area contributed by atoms with Gasteiger partial charge in [0.1, 0.15) is 0 Å². The van der Waals surface area contributed by atoms with Crippen LogP contribution in [0.15, 0.2) is 59.2 Å². The van der Waals surface area contributed by atoms with Crippen LogP contribution in [-0.2, 0) is 6.18 Å². The lowest BCUT2D eigenvalue weighted by Crippen LogP contribution is -2.18. The molecule has 29 heavy (non-hydrogen) atoms. The molecule has 2 amide bonds. The van der Waals surface area contributed by atoms with Crippen LogP contribution in [0.4, 0.5) is 24.5 Å². The third-order valence-electron chi connectivity index (χ3n) is 3.75. The van der Waals surface area contributed by atoms with E-state index in [0.717, 1.165) is 6.07 Å². The van der Waals surface area contributed by atoms with Crippen LogP contribution in [0.3, 0.4) is 0 Å². The van der Waals surface area contributed by atoms with E-state index >= 15 is 0 Å². The fourth-order valence-corrected chi connectivity index (χ4v) is 2.92. The number of furan rings is 1. The van der Waals surface area contributed by atoms with Crippen LogP contribution in [0.2, 0.25) is 10.0 Å². The number of hydrogen-bond donors (Lipinski definition) is 2. The molecule has 0 bridgehead atoms. The number of alkyl halides is 3. The minimum absolute atomic E-state index is 0.00844. The summed E-state index contributed by atoms with van der Waals surface area (Å²) in [6.07, 6.45) is -3.53. The quantitative estimate of drug-likeness (QED) is 0.511. The highest BCUT2D eigenvalue weighted by Gasteiger charge is 2.34. The number of nitrogens with one attached hydrogen (secondary N) is 2. The van der Waals surface area contributed by atoms with E-state index in [1.165, 1.54) is 42.7 Å². The van der Waals surface area contributed by atoms with Gasteiger partial charge >= 0.3 is 6.18 Å². The summed E-state index contributed by atoms with van der Waals surface area (Å²) in [7, 11) is 0. The van der Waals surface area contributed by atoms with Gasteiger partial charge in [0.2, 0.25) is 0 Å². The van der Waals surface area contributed by atoms with Gasteiger partial charge in [-0.15, -0.1) is 0 Å². The van der Waals surface area contributed by atoms with Crippen molar-refractivity contribution in [2.45, 2.75) is 6.18 Å².